The third-order valence-electron chi connectivity index (χ3n) is 2.63. The second-order valence-corrected chi connectivity index (χ2v) is 6.55. The summed E-state index contributed by atoms with van der Waals surface area (Å²) in [4.78, 5) is 11.9. The van der Waals surface area contributed by atoms with Gasteiger partial charge >= 0.3 is 12.1 Å². The van der Waals surface area contributed by atoms with Crippen LogP contribution in [0.3, 0.4) is 0 Å². The third-order valence-corrected chi connectivity index (χ3v) is 4.42. The zero-order chi connectivity index (χ0) is 15.6. The first-order valence-corrected chi connectivity index (χ1v) is 7.02. The van der Waals surface area contributed by atoms with E-state index in [2.05, 4.69) is 0 Å². The molecule has 0 saturated carbocycles. The topological polar surface area (TPSA) is 43.4 Å². The van der Waals surface area contributed by atoms with Crippen LogP contribution in [0, 0.1) is 0 Å². The lowest BCUT2D eigenvalue weighted by Crippen LogP contribution is -2.38. The fourth-order valence-electron chi connectivity index (χ4n) is 1.44. The summed E-state index contributed by atoms with van der Waals surface area (Å²) in [7, 11) is -1.80. The fraction of sp³-hybridized carbons (Fsp3) is 0.462. The van der Waals surface area contributed by atoms with E-state index >= 15 is 0 Å². The zero-order valence-electron chi connectivity index (χ0n) is 11.3. The highest BCUT2D eigenvalue weighted by Gasteiger charge is 2.37. The number of halogens is 3. The summed E-state index contributed by atoms with van der Waals surface area (Å²) in [5.41, 5.74) is -0.827. The van der Waals surface area contributed by atoms with Crippen molar-refractivity contribution in [2.75, 3.05) is 6.61 Å². The molecule has 7 heteroatoms. The van der Waals surface area contributed by atoms with Gasteiger partial charge < -0.3 is 4.74 Å². The van der Waals surface area contributed by atoms with Gasteiger partial charge in [-0.1, -0.05) is 0 Å². The summed E-state index contributed by atoms with van der Waals surface area (Å²) in [5, 5.41) is 0. The van der Waals surface area contributed by atoms with Gasteiger partial charge in [0.2, 0.25) is 0 Å². The highest BCUT2D eigenvalue weighted by atomic mass is 32.2. The van der Waals surface area contributed by atoms with E-state index in [-0.39, 0.29) is 11.5 Å². The average Bonchev–Trinajstić information content (AvgIpc) is 2.37. The molecule has 0 N–H and O–H groups in total. The van der Waals surface area contributed by atoms with E-state index in [1.165, 1.54) is 13.8 Å². The second kappa shape index (κ2) is 5.95. The molecule has 0 saturated heterocycles. The lowest BCUT2D eigenvalue weighted by Gasteiger charge is -2.21. The van der Waals surface area contributed by atoms with Gasteiger partial charge in [-0.05, 0) is 45.0 Å². The van der Waals surface area contributed by atoms with Crippen molar-refractivity contribution in [3.63, 3.8) is 0 Å². The summed E-state index contributed by atoms with van der Waals surface area (Å²) in [6, 6.07) is 3.91. The Balaban J connectivity index is 3.01. The van der Waals surface area contributed by atoms with Crippen molar-refractivity contribution < 1.29 is 26.9 Å². The second-order valence-electron chi connectivity index (χ2n) is 4.52. The van der Waals surface area contributed by atoms with E-state index in [1.54, 1.807) is 6.92 Å². The Morgan fingerprint density at radius 3 is 2.10 bits per heavy atom. The Morgan fingerprint density at radius 1 is 1.20 bits per heavy atom. The number of hydrogen-bond donors (Lipinski definition) is 0. The molecule has 0 aliphatic heterocycles. The molecule has 0 amide bonds. The van der Waals surface area contributed by atoms with Crippen LogP contribution < -0.4 is 0 Å². The first-order valence-electron chi connectivity index (χ1n) is 5.87. The Kier molecular flexibility index (Phi) is 4.96. The van der Waals surface area contributed by atoms with Crippen molar-refractivity contribution in [3.05, 3.63) is 29.8 Å². The van der Waals surface area contributed by atoms with E-state index in [0.29, 0.717) is 0 Å². The smallest absolute Gasteiger partial charge is 0.416 e. The van der Waals surface area contributed by atoms with Crippen LogP contribution >= 0.6 is 0 Å². The van der Waals surface area contributed by atoms with E-state index in [1.807, 2.05) is 0 Å². The van der Waals surface area contributed by atoms with Gasteiger partial charge in [-0.3, -0.25) is 9.00 Å². The van der Waals surface area contributed by atoms with Crippen LogP contribution in [0.2, 0.25) is 0 Å². The molecule has 1 aromatic carbocycles. The molecule has 1 rings (SSSR count). The minimum Gasteiger partial charge on any atom is -0.465 e. The maximum absolute atomic E-state index is 12.4. The van der Waals surface area contributed by atoms with E-state index in [9.17, 15) is 22.2 Å². The van der Waals surface area contributed by atoms with Crippen molar-refractivity contribution >= 4 is 16.8 Å². The highest BCUT2D eigenvalue weighted by molar-refractivity contribution is 7.87. The molecule has 0 spiro atoms. The molecule has 0 aromatic heterocycles. The lowest BCUT2D eigenvalue weighted by molar-refractivity contribution is -0.145. The maximum atomic E-state index is 12.4. The molecule has 112 valence electrons. The minimum absolute atomic E-state index is 0.145. The number of alkyl halides is 3. The standard InChI is InChI=1S/C13H15F3O3S/c1-4-19-11(17)12(2,3)20(18)10-7-5-9(6-8-10)13(14,15)16/h5-8H,4H2,1-3H3. The molecule has 0 radical (unpaired) electrons. The molecule has 0 heterocycles. The number of carbonyl (C=O) groups excluding carboxylic acids is 1. The molecule has 3 nitrogen and oxygen atoms in total. The summed E-state index contributed by atoms with van der Waals surface area (Å²) >= 11 is 0. The summed E-state index contributed by atoms with van der Waals surface area (Å²) in [5.74, 6) is -0.654. The lowest BCUT2D eigenvalue weighted by atomic mass is 10.2. The zero-order valence-corrected chi connectivity index (χ0v) is 12.1. The summed E-state index contributed by atoms with van der Waals surface area (Å²) in [6.45, 7) is 4.62. The summed E-state index contributed by atoms with van der Waals surface area (Å²) < 4.78 is 53.1. The van der Waals surface area contributed by atoms with Gasteiger partial charge in [0, 0.05) is 4.90 Å². The normalized spacial score (nSPS) is 13.9. The molecule has 1 aromatic rings. The van der Waals surface area contributed by atoms with Gasteiger partial charge in [0.15, 0.2) is 0 Å². The molecule has 1 unspecified atom stereocenters. The fourth-order valence-corrected chi connectivity index (χ4v) is 2.63. The number of esters is 1. The number of carbonyl (C=O) groups is 1. The van der Waals surface area contributed by atoms with Crippen LogP contribution in [-0.4, -0.2) is 21.5 Å². The molecular formula is C13H15F3O3S. The van der Waals surface area contributed by atoms with Crippen molar-refractivity contribution in [2.24, 2.45) is 0 Å². The maximum Gasteiger partial charge on any atom is 0.416 e. The average molecular weight is 308 g/mol. The van der Waals surface area contributed by atoms with Crippen molar-refractivity contribution in [1.82, 2.24) is 0 Å². The van der Waals surface area contributed by atoms with Crippen molar-refractivity contribution in [1.29, 1.82) is 0 Å². The predicted octanol–water partition coefficient (Wildman–Crippen LogP) is 3.15. The first kappa shape index (κ1) is 16.7. The van der Waals surface area contributed by atoms with E-state index in [4.69, 9.17) is 4.74 Å². The highest BCUT2D eigenvalue weighted by Crippen LogP contribution is 2.30. The van der Waals surface area contributed by atoms with Crippen LogP contribution in [0.4, 0.5) is 13.2 Å². The molecule has 1 atom stereocenters. The SMILES string of the molecule is CCOC(=O)C(C)(C)S(=O)c1ccc(C(F)(F)F)cc1. The quantitative estimate of drug-likeness (QED) is 0.803. The van der Waals surface area contributed by atoms with Gasteiger partial charge in [0.1, 0.15) is 4.75 Å². The van der Waals surface area contributed by atoms with Gasteiger partial charge in [-0.15, -0.1) is 0 Å². The van der Waals surface area contributed by atoms with Crippen LogP contribution in [0.5, 0.6) is 0 Å². The predicted molar refractivity (Wildman–Crippen MR) is 68.6 cm³/mol. The van der Waals surface area contributed by atoms with Gasteiger partial charge in [0.05, 0.1) is 23.0 Å². The van der Waals surface area contributed by atoms with Crippen molar-refractivity contribution in [2.45, 2.75) is 36.6 Å². The van der Waals surface area contributed by atoms with E-state index < -0.39 is 33.3 Å². The molecule has 20 heavy (non-hydrogen) atoms. The molecule has 0 aliphatic rings. The Morgan fingerprint density at radius 2 is 1.70 bits per heavy atom. The Labute approximate surface area is 117 Å². The van der Waals surface area contributed by atoms with E-state index in [0.717, 1.165) is 24.3 Å². The minimum atomic E-state index is -4.45. The summed E-state index contributed by atoms with van der Waals surface area (Å²) in [6.07, 6.45) is -4.45. The number of ether oxygens (including phenoxy) is 1. The number of benzene rings is 1. The number of hydrogen-bond acceptors (Lipinski definition) is 3. The monoisotopic (exact) mass is 308 g/mol. The molecule has 0 aliphatic carbocycles. The first-order chi connectivity index (χ1) is 9.10. The molecule has 0 bridgehead atoms. The largest absolute Gasteiger partial charge is 0.465 e. The number of rotatable bonds is 4. The third kappa shape index (κ3) is 3.59. The van der Waals surface area contributed by atoms with Gasteiger partial charge in [-0.25, -0.2) is 0 Å². The van der Waals surface area contributed by atoms with Gasteiger partial charge in [-0.2, -0.15) is 13.2 Å². The van der Waals surface area contributed by atoms with Crippen molar-refractivity contribution in [3.8, 4) is 0 Å². The molecular weight excluding hydrogens is 293 g/mol. The Hall–Kier alpha value is -1.37. The van der Waals surface area contributed by atoms with Crippen LogP contribution in [0.1, 0.15) is 26.3 Å². The molecule has 0 fully saturated rings. The van der Waals surface area contributed by atoms with Gasteiger partial charge in [0.25, 0.3) is 0 Å². The van der Waals surface area contributed by atoms with Crippen LogP contribution in [0.25, 0.3) is 0 Å². The van der Waals surface area contributed by atoms with Crippen LogP contribution in [-0.2, 0) is 26.5 Å². The Bertz CT molecular complexity index is 507. The van der Waals surface area contributed by atoms with Crippen LogP contribution in [0.15, 0.2) is 29.2 Å².